The molecular formula is C20H29N3O7. The number of nitrogens with zero attached hydrogens (tertiary/aromatic N) is 1. The van der Waals surface area contributed by atoms with Gasteiger partial charge in [-0.2, -0.15) is 0 Å². The maximum Gasteiger partial charge on any atom is 0.437 e. The molecule has 4 amide bonds. The lowest BCUT2D eigenvalue weighted by molar-refractivity contribution is -0.145. The fourth-order valence-electron chi connectivity index (χ4n) is 2.26. The van der Waals surface area contributed by atoms with E-state index in [1.807, 2.05) is 11.5 Å². The zero-order valence-electron chi connectivity index (χ0n) is 17.8. The van der Waals surface area contributed by atoms with Crippen molar-refractivity contribution in [3.8, 4) is 0 Å². The largest absolute Gasteiger partial charge is 0.464 e. The van der Waals surface area contributed by atoms with E-state index in [2.05, 4.69) is 5.32 Å². The summed E-state index contributed by atoms with van der Waals surface area (Å²) in [6, 6.07) is 6.77. The van der Waals surface area contributed by atoms with Crippen LogP contribution in [0.4, 0.5) is 14.4 Å². The third kappa shape index (κ3) is 8.80. The zero-order valence-corrected chi connectivity index (χ0v) is 17.8. The normalized spacial score (nSPS) is 11.4. The fourth-order valence-corrected chi connectivity index (χ4v) is 2.26. The van der Waals surface area contributed by atoms with Gasteiger partial charge >= 0.3 is 24.2 Å². The number of carbonyl (C=O) groups is 4. The molecule has 0 aromatic heterocycles. The van der Waals surface area contributed by atoms with Crippen LogP contribution in [0, 0.1) is 0 Å². The van der Waals surface area contributed by atoms with Crippen LogP contribution in [0.25, 0.3) is 0 Å². The van der Waals surface area contributed by atoms with E-state index < -0.39 is 42.4 Å². The van der Waals surface area contributed by atoms with Gasteiger partial charge in [-0.25, -0.2) is 24.6 Å². The van der Waals surface area contributed by atoms with E-state index in [-0.39, 0.29) is 13.0 Å². The van der Waals surface area contributed by atoms with Gasteiger partial charge in [0.05, 0.1) is 18.8 Å². The summed E-state index contributed by atoms with van der Waals surface area (Å²) in [7, 11) is 0. The number of rotatable bonds is 7. The monoisotopic (exact) mass is 423 g/mol. The topological polar surface area (TPSA) is 123 Å². The van der Waals surface area contributed by atoms with Crippen molar-refractivity contribution >= 4 is 24.2 Å². The van der Waals surface area contributed by atoms with Gasteiger partial charge in [-0.3, -0.25) is 0 Å². The number of hydrazine groups is 1. The van der Waals surface area contributed by atoms with Crippen LogP contribution in [0.5, 0.6) is 0 Å². The first kappa shape index (κ1) is 24.7. The van der Waals surface area contributed by atoms with Crippen LogP contribution in [0.15, 0.2) is 30.3 Å². The quantitative estimate of drug-likeness (QED) is 0.393. The summed E-state index contributed by atoms with van der Waals surface area (Å²) in [5.41, 5.74) is 2.79. The maximum atomic E-state index is 12.7. The Bertz CT molecular complexity index is 722. The number of ether oxygens (including phenoxy) is 3. The molecule has 0 saturated heterocycles. The Hall–Kier alpha value is -3.30. The number of benzene rings is 1. The molecule has 10 heteroatoms. The second-order valence-electron chi connectivity index (χ2n) is 6.78. The van der Waals surface area contributed by atoms with Crippen LogP contribution in [0.3, 0.4) is 0 Å². The summed E-state index contributed by atoms with van der Waals surface area (Å²) in [5.74, 6) is -0.684. The average Bonchev–Trinajstić information content (AvgIpc) is 2.65. The second-order valence-corrected chi connectivity index (χ2v) is 6.78. The molecule has 0 spiro atoms. The Balaban J connectivity index is 3.02. The number of carbonyl (C=O) groups excluding carboxylic acids is 4. The zero-order chi connectivity index (χ0) is 22.7. The van der Waals surface area contributed by atoms with Crippen molar-refractivity contribution < 1.29 is 33.4 Å². The highest BCUT2D eigenvalue weighted by Crippen LogP contribution is 2.07. The lowest BCUT2D eigenvalue weighted by atomic mass is 10.1. The molecule has 10 nitrogen and oxygen atoms in total. The number of imide groups is 1. The predicted molar refractivity (Wildman–Crippen MR) is 107 cm³/mol. The van der Waals surface area contributed by atoms with Crippen LogP contribution >= 0.6 is 0 Å². The average molecular weight is 423 g/mol. The van der Waals surface area contributed by atoms with E-state index in [9.17, 15) is 19.2 Å². The van der Waals surface area contributed by atoms with Gasteiger partial charge in [0.2, 0.25) is 0 Å². The van der Waals surface area contributed by atoms with E-state index in [1.165, 1.54) is 0 Å². The van der Waals surface area contributed by atoms with Crippen LogP contribution in [-0.2, 0) is 25.4 Å². The molecule has 1 rings (SSSR count). The van der Waals surface area contributed by atoms with Gasteiger partial charge in [0.1, 0.15) is 6.04 Å². The Morgan fingerprint density at radius 1 is 0.967 bits per heavy atom. The highest BCUT2D eigenvalue weighted by Gasteiger charge is 2.31. The first-order chi connectivity index (χ1) is 14.1. The molecule has 166 valence electrons. The summed E-state index contributed by atoms with van der Waals surface area (Å²) in [6.45, 7) is 8.11. The minimum Gasteiger partial charge on any atom is -0.464 e. The van der Waals surface area contributed by atoms with Crippen molar-refractivity contribution in [3.05, 3.63) is 35.9 Å². The molecule has 0 bridgehead atoms. The van der Waals surface area contributed by atoms with Crippen LogP contribution in [0.2, 0.25) is 0 Å². The van der Waals surface area contributed by atoms with Gasteiger partial charge in [-0.15, -0.1) is 5.01 Å². The van der Waals surface area contributed by atoms with Crippen molar-refractivity contribution in [2.24, 2.45) is 0 Å². The van der Waals surface area contributed by atoms with Crippen LogP contribution in [-0.4, -0.2) is 54.1 Å². The fraction of sp³-hybridized carbons (Fsp3) is 0.500. The van der Waals surface area contributed by atoms with Crippen molar-refractivity contribution in [3.63, 3.8) is 0 Å². The highest BCUT2D eigenvalue weighted by molar-refractivity contribution is 5.94. The van der Waals surface area contributed by atoms with Crippen LogP contribution in [0.1, 0.15) is 40.2 Å². The first-order valence-corrected chi connectivity index (χ1v) is 9.63. The summed E-state index contributed by atoms with van der Waals surface area (Å²) < 4.78 is 14.9. The Kier molecular flexibility index (Phi) is 10.1. The summed E-state index contributed by atoms with van der Waals surface area (Å²) in [6.07, 6.45) is -3.08. The van der Waals surface area contributed by atoms with Gasteiger partial charge < -0.3 is 19.5 Å². The smallest absolute Gasteiger partial charge is 0.437 e. The number of hydrogen-bond donors (Lipinski definition) is 2. The summed E-state index contributed by atoms with van der Waals surface area (Å²) in [5, 5.41) is 2.73. The standard InChI is InChI=1S/C20H29N3O7/c1-6-28-17(24)16(12-15-10-8-7-9-11-15)21-18(25)23(20(27)30-14(4)5)22-19(26)29-13(2)3/h7-11,13-14,16H,6,12H2,1-5H3,(H,21,25)(H,22,26)/t16-/m0/s1. The second kappa shape index (κ2) is 12.3. The van der Waals surface area contributed by atoms with Crippen LogP contribution < -0.4 is 10.7 Å². The van der Waals surface area contributed by atoms with Gasteiger partial charge in [0.15, 0.2) is 0 Å². The van der Waals surface area contributed by atoms with E-state index in [4.69, 9.17) is 14.2 Å². The summed E-state index contributed by atoms with van der Waals surface area (Å²) >= 11 is 0. The van der Waals surface area contributed by atoms with Crippen molar-refractivity contribution in [2.75, 3.05) is 6.61 Å². The molecule has 0 aliphatic carbocycles. The molecule has 1 aromatic rings. The lowest BCUT2D eigenvalue weighted by Gasteiger charge is -2.25. The first-order valence-electron chi connectivity index (χ1n) is 9.63. The Morgan fingerprint density at radius 2 is 1.57 bits per heavy atom. The van der Waals surface area contributed by atoms with Gasteiger partial charge in [0.25, 0.3) is 0 Å². The van der Waals surface area contributed by atoms with Gasteiger partial charge in [-0.1, -0.05) is 30.3 Å². The number of urea groups is 1. The Labute approximate surface area is 175 Å². The number of nitrogens with one attached hydrogen (secondary N) is 2. The van der Waals surface area contributed by atoms with E-state index in [0.717, 1.165) is 5.56 Å². The van der Waals surface area contributed by atoms with E-state index in [1.54, 1.807) is 58.9 Å². The van der Waals surface area contributed by atoms with Crippen molar-refractivity contribution in [2.45, 2.75) is 59.3 Å². The minimum atomic E-state index is -1.13. The molecule has 0 unspecified atom stereocenters. The minimum absolute atomic E-state index is 0.109. The Morgan fingerprint density at radius 3 is 2.10 bits per heavy atom. The molecule has 0 saturated carbocycles. The molecule has 1 atom stereocenters. The molecule has 2 N–H and O–H groups in total. The van der Waals surface area contributed by atoms with E-state index in [0.29, 0.717) is 5.01 Å². The molecule has 0 radical (unpaired) electrons. The summed E-state index contributed by atoms with van der Waals surface area (Å²) in [4.78, 5) is 49.3. The molecule has 0 aliphatic rings. The van der Waals surface area contributed by atoms with Gasteiger partial charge in [0, 0.05) is 6.42 Å². The van der Waals surface area contributed by atoms with Crippen molar-refractivity contribution in [1.82, 2.24) is 15.8 Å². The van der Waals surface area contributed by atoms with E-state index >= 15 is 0 Å². The highest BCUT2D eigenvalue weighted by atomic mass is 16.6. The third-order valence-electron chi connectivity index (χ3n) is 3.42. The molecule has 30 heavy (non-hydrogen) atoms. The predicted octanol–water partition coefficient (Wildman–Crippen LogP) is 2.77. The number of amides is 4. The van der Waals surface area contributed by atoms with Crippen molar-refractivity contribution in [1.29, 1.82) is 0 Å². The molecular weight excluding hydrogens is 394 g/mol. The molecule has 0 heterocycles. The molecule has 1 aromatic carbocycles. The molecule has 0 fully saturated rings. The number of esters is 1. The SMILES string of the molecule is CCOC(=O)[C@H](Cc1ccccc1)NC(=O)N(NC(=O)OC(C)C)C(=O)OC(C)C. The third-order valence-corrected chi connectivity index (χ3v) is 3.42. The molecule has 0 aliphatic heterocycles. The maximum absolute atomic E-state index is 12.7. The lowest BCUT2D eigenvalue weighted by Crippen LogP contribution is -2.58. The number of hydrogen-bond acceptors (Lipinski definition) is 7. The van der Waals surface area contributed by atoms with Gasteiger partial charge in [-0.05, 0) is 40.2 Å².